The van der Waals surface area contributed by atoms with E-state index in [1.54, 1.807) is 0 Å². The van der Waals surface area contributed by atoms with E-state index >= 15 is 0 Å². The summed E-state index contributed by atoms with van der Waals surface area (Å²) in [5, 5.41) is 9.75. The fourth-order valence-electron chi connectivity index (χ4n) is 1.23. The maximum absolute atomic E-state index is 12.7. The van der Waals surface area contributed by atoms with Crippen molar-refractivity contribution in [2.75, 3.05) is 0 Å². The molecular formula is C10H14Cl2FNO. The van der Waals surface area contributed by atoms with E-state index in [0.29, 0.717) is 12.0 Å². The SMILES string of the molecule is CC[C@H](O)[C@H](N)c1ccc(F)cc1Cl.Cl. The van der Waals surface area contributed by atoms with Crippen molar-refractivity contribution in [2.24, 2.45) is 5.73 Å². The molecular weight excluding hydrogens is 240 g/mol. The van der Waals surface area contributed by atoms with Gasteiger partial charge in [0, 0.05) is 5.02 Å². The first kappa shape index (κ1) is 14.6. The van der Waals surface area contributed by atoms with Gasteiger partial charge in [0.2, 0.25) is 0 Å². The predicted octanol–water partition coefficient (Wildman–Crippen LogP) is 2.67. The van der Waals surface area contributed by atoms with Gasteiger partial charge in [-0.05, 0) is 24.1 Å². The smallest absolute Gasteiger partial charge is 0.124 e. The van der Waals surface area contributed by atoms with E-state index in [9.17, 15) is 9.50 Å². The van der Waals surface area contributed by atoms with Gasteiger partial charge in [-0.3, -0.25) is 0 Å². The van der Waals surface area contributed by atoms with Crippen molar-refractivity contribution < 1.29 is 9.50 Å². The number of benzene rings is 1. The second-order valence-corrected chi connectivity index (χ2v) is 3.57. The third-order valence-electron chi connectivity index (χ3n) is 2.15. The Balaban J connectivity index is 0.00000196. The van der Waals surface area contributed by atoms with E-state index < -0.39 is 18.0 Å². The number of nitrogens with two attached hydrogens (primary N) is 1. The van der Waals surface area contributed by atoms with Crippen LogP contribution in [-0.4, -0.2) is 11.2 Å². The van der Waals surface area contributed by atoms with Crippen LogP contribution in [0.1, 0.15) is 24.9 Å². The summed E-state index contributed by atoms with van der Waals surface area (Å²) in [6, 6.07) is 3.41. The average molecular weight is 254 g/mol. The Labute approximate surface area is 99.6 Å². The molecule has 0 aliphatic rings. The van der Waals surface area contributed by atoms with Gasteiger partial charge in [0.1, 0.15) is 5.82 Å². The molecule has 0 unspecified atom stereocenters. The van der Waals surface area contributed by atoms with Crippen LogP contribution >= 0.6 is 24.0 Å². The molecule has 0 radical (unpaired) electrons. The molecule has 2 atom stereocenters. The third kappa shape index (κ3) is 3.61. The molecule has 0 aliphatic carbocycles. The number of halogens is 3. The average Bonchev–Trinajstić information content (AvgIpc) is 2.15. The molecule has 0 fully saturated rings. The highest BCUT2D eigenvalue weighted by molar-refractivity contribution is 6.31. The van der Waals surface area contributed by atoms with Crippen molar-refractivity contribution in [1.29, 1.82) is 0 Å². The molecule has 15 heavy (non-hydrogen) atoms. The van der Waals surface area contributed by atoms with Gasteiger partial charge in [0.25, 0.3) is 0 Å². The highest BCUT2D eigenvalue weighted by atomic mass is 35.5. The molecule has 3 N–H and O–H groups in total. The summed E-state index contributed by atoms with van der Waals surface area (Å²) in [6.45, 7) is 1.82. The maximum atomic E-state index is 12.7. The van der Waals surface area contributed by atoms with Crippen LogP contribution in [0.5, 0.6) is 0 Å². The zero-order valence-electron chi connectivity index (χ0n) is 8.28. The van der Waals surface area contributed by atoms with Gasteiger partial charge in [0.15, 0.2) is 0 Å². The van der Waals surface area contributed by atoms with E-state index in [-0.39, 0.29) is 17.4 Å². The number of hydrogen-bond acceptors (Lipinski definition) is 2. The van der Waals surface area contributed by atoms with Crippen LogP contribution in [0.25, 0.3) is 0 Å². The van der Waals surface area contributed by atoms with Crippen molar-refractivity contribution in [3.05, 3.63) is 34.6 Å². The first-order chi connectivity index (χ1) is 6.56. The molecule has 0 bridgehead atoms. The molecule has 0 spiro atoms. The Morgan fingerprint density at radius 3 is 2.60 bits per heavy atom. The van der Waals surface area contributed by atoms with E-state index in [1.165, 1.54) is 18.2 Å². The monoisotopic (exact) mass is 253 g/mol. The molecule has 1 rings (SSSR count). The van der Waals surface area contributed by atoms with E-state index in [1.807, 2.05) is 6.92 Å². The molecule has 0 heterocycles. The topological polar surface area (TPSA) is 46.2 Å². The molecule has 86 valence electrons. The Bertz CT molecular complexity index is 322. The molecule has 0 saturated carbocycles. The summed E-state index contributed by atoms with van der Waals surface area (Å²) < 4.78 is 12.7. The minimum absolute atomic E-state index is 0. The van der Waals surface area contributed by atoms with Gasteiger partial charge in [0.05, 0.1) is 12.1 Å². The molecule has 0 amide bonds. The summed E-state index contributed by atoms with van der Waals surface area (Å²) in [5.74, 6) is -0.406. The minimum Gasteiger partial charge on any atom is -0.391 e. The van der Waals surface area contributed by atoms with Crippen molar-refractivity contribution in [3.8, 4) is 0 Å². The zero-order chi connectivity index (χ0) is 10.7. The lowest BCUT2D eigenvalue weighted by Crippen LogP contribution is -2.25. The molecule has 0 aromatic heterocycles. The zero-order valence-corrected chi connectivity index (χ0v) is 9.86. The molecule has 1 aromatic carbocycles. The Hall–Kier alpha value is -0.350. The van der Waals surface area contributed by atoms with Crippen LogP contribution in [-0.2, 0) is 0 Å². The van der Waals surface area contributed by atoms with Crippen molar-refractivity contribution >= 4 is 24.0 Å². The van der Waals surface area contributed by atoms with Crippen LogP contribution in [0, 0.1) is 5.82 Å². The number of aliphatic hydroxyl groups is 1. The maximum Gasteiger partial charge on any atom is 0.124 e. The van der Waals surface area contributed by atoms with Crippen LogP contribution < -0.4 is 5.73 Å². The predicted molar refractivity (Wildman–Crippen MR) is 61.9 cm³/mol. The lowest BCUT2D eigenvalue weighted by molar-refractivity contribution is 0.140. The van der Waals surface area contributed by atoms with Crippen molar-refractivity contribution in [1.82, 2.24) is 0 Å². The standard InChI is InChI=1S/C10H13ClFNO.ClH/c1-2-9(14)10(13)7-4-3-6(12)5-8(7)11;/h3-5,9-10,14H,2,13H2,1H3;1H/t9-,10+;/m0./s1. The van der Waals surface area contributed by atoms with Gasteiger partial charge in [-0.15, -0.1) is 12.4 Å². The summed E-state index contributed by atoms with van der Waals surface area (Å²) in [4.78, 5) is 0. The molecule has 5 heteroatoms. The second-order valence-electron chi connectivity index (χ2n) is 3.17. The summed E-state index contributed by atoms with van der Waals surface area (Å²) >= 11 is 5.79. The highest BCUT2D eigenvalue weighted by Crippen LogP contribution is 2.25. The Morgan fingerprint density at radius 2 is 2.13 bits per heavy atom. The second kappa shape index (κ2) is 6.28. The third-order valence-corrected chi connectivity index (χ3v) is 2.48. The van der Waals surface area contributed by atoms with Crippen LogP contribution in [0.15, 0.2) is 18.2 Å². The van der Waals surface area contributed by atoms with Gasteiger partial charge in [-0.1, -0.05) is 24.6 Å². The number of aliphatic hydroxyl groups excluding tert-OH is 1. The molecule has 2 nitrogen and oxygen atoms in total. The van der Waals surface area contributed by atoms with Crippen LogP contribution in [0.4, 0.5) is 4.39 Å². The molecule has 1 aromatic rings. The highest BCUT2D eigenvalue weighted by Gasteiger charge is 2.17. The minimum atomic E-state index is -0.655. The van der Waals surface area contributed by atoms with E-state index in [2.05, 4.69) is 0 Å². The summed E-state index contributed by atoms with van der Waals surface area (Å²) in [7, 11) is 0. The number of rotatable bonds is 3. The van der Waals surface area contributed by atoms with Gasteiger partial charge in [-0.25, -0.2) is 4.39 Å². The molecule has 0 saturated heterocycles. The van der Waals surface area contributed by atoms with E-state index in [0.717, 1.165) is 0 Å². The lowest BCUT2D eigenvalue weighted by atomic mass is 10.0. The lowest BCUT2D eigenvalue weighted by Gasteiger charge is -2.18. The summed E-state index contributed by atoms with van der Waals surface area (Å²) in [6.07, 6.45) is -0.118. The van der Waals surface area contributed by atoms with Gasteiger partial charge < -0.3 is 10.8 Å². The number of hydrogen-bond donors (Lipinski definition) is 2. The first-order valence-corrected chi connectivity index (χ1v) is 4.82. The quantitative estimate of drug-likeness (QED) is 0.871. The Kier molecular flexibility index (Phi) is 6.13. The van der Waals surface area contributed by atoms with Crippen LogP contribution in [0.3, 0.4) is 0 Å². The van der Waals surface area contributed by atoms with Gasteiger partial charge in [-0.2, -0.15) is 0 Å². The van der Waals surface area contributed by atoms with Crippen molar-refractivity contribution in [3.63, 3.8) is 0 Å². The van der Waals surface area contributed by atoms with Crippen LogP contribution in [0.2, 0.25) is 5.02 Å². The summed E-state index contributed by atoms with van der Waals surface area (Å²) in [5.41, 5.74) is 6.31. The van der Waals surface area contributed by atoms with Gasteiger partial charge >= 0.3 is 0 Å². The first-order valence-electron chi connectivity index (χ1n) is 4.44. The van der Waals surface area contributed by atoms with Crippen molar-refractivity contribution in [2.45, 2.75) is 25.5 Å². The molecule has 0 aliphatic heterocycles. The largest absolute Gasteiger partial charge is 0.391 e. The Morgan fingerprint density at radius 1 is 1.53 bits per heavy atom. The normalized spacial score (nSPS) is 14.2. The fourth-order valence-corrected chi connectivity index (χ4v) is 1.53. The fraction of sp³-hybridized carbons (Fsp3) is 0.400. The van der Waals surface area contributed by atoms with E-state index in [4.69, 9.17) is 17.3 Å².